The minimum atomic E-state index is -1.69. The number of unbranched alkanes of at least 4 members (excludes halogenated alkanes) is 7. The minimum Gasteiger partial charge on any atom is -0.479 e. The molecule has 1 aliphatic heterocycles. The Bertz CT molecular complexity index is 404. The molecule has 1 heterocycles. The summed E-state index contributed by atoms with van der Waals surface area (Å²) in [6.07, 6.45) is 3.83. The molecule has 1 saturated heterocycles. The summed E-state index contributed by atoms with van der Waals surface area (Å²) < 4.78 is 11.1. The molecule has 27 heavy (non-hydrogen) atoms. The summed E-state index contributed by atoms with van der Waals surface area (Å²) in [4.78, 5) is 11.2. The number of ether oxygens (including phenoxy) is 2. The molecule has 6 unspecified atom stereocenters. The third-order valence-corrected chi connectivity index (χ3v) is 5.15. The van der Waals surface area contributed by atoms with Crippen LogP contribution in [-0.4, -0.2) is 63.2 Å². The lowest BCUT2D eigenvalue weighted by atomic mass is 9.98. The molecule has 4 N–H and O–H groups in total. The van der Waals surface area contributed by atoms with E-state index in [2.05, 4.69) is 13.8 Å². The zero-order chi connectivity index (χ0) is 20.2. The summed E-state index contributed by atoms with van der Waals surface area (Å²) in [7, 11) is 0. The number of aliphatic hydroxyl groups excluding tert-OH is 3. The number of carboxylic acids is 1. The lowest BCUT2D eigenvalue weighted by Crippen LogP contribution is -2.60. The third-order valence-electron chi connectivity index (χ3n) is 5.15. The van der Waals surface area contributed by atoms with Gasteiger partial charge in [-0.25, -0.2) is 4.79 Å². The van der Waals surface area contributed by atoms with Crippen molar-refractivity contribution in [2.45, 2.75) is 121 Å². The Kier molecular flexibility index (Phi) is 12.1. The largest absolute Gasteiger partial charge is 0.479 e. The Morgan fingerprint density at radius 1 is 0.852 bits per heavy atom. The Morgan fingerprint density at radius 3 is 1.89 bits per heavy atom. The molecule has 0 aromatic heterocycles. The van der Waals surface area contributed by atoms with Gasteiger partial charge >= 0.3 is 5.97 Å². The molecule has 0 saturated carbocycles. The van der Waals surface area contributed by atoms with Crippen LogP contribution in [0.15, 0.2) is 0 Å². The highest BCUT2D eigenvalue weighted by molar-refractivity contribution is 5.73. The van der Waals surface area contributed by atoms with E-state index >= 15 is 0 Å². The number of rotatable bonds is 14. The van der Waals surface area contributed by atoms with Gasteiger partial charge in [0.15, 0.2) is 12.4 Å². The molecule has 7 nitrogen and oxygen atoms in total. The van der Waals surface area contributed by atoms with E-state index in [1.165, 1.54) is 19.3 Å². The first kappa shape index (κ1) is 24.3. The SMILES string of the molecule is CCCCCCCC(CCCCCC)OC1OC(C(=O)O)C(O)C(O)C1O. The molecule has 160 valence electrons. The van der Waals surface area contributed by atoms with Gasteiger partial charge in [-0.05, 0) is 12.8 Å². The van der Waals surface area contributed by atoms with Crippen LogP contribution in [0.4, 0.5) is 0 Å². The van der Waals surface area contributed by atoms with Crippen molar-refractivity contribution in [3.8, 4) is 0 Å². The van der Waals surface area contributed by atoms with Gasteiger partial charge in [-0.15, -0.1) is 0 Å². The normalized spacial score (nSPS) is 29.6. The van der Waals surface area contributed by atoms with E-state index in [9.17, 15) is 20.1 Å². The molecule has 1 rings (SSSR count). The fraction of sp³-hybridized carbons (Fsp3) is 0.950. The van der Waals surface area contributed by atoms with E-state index < -0.39 is 36.7 Å². The van der Waals surface area contributed by atoms with Crippen LogP contribution in [0.5, 0.6) is 0 Å². The highest BCUT2D eigenvalue weighted by Crippen LogP contribution is 2.26. The third kappa shape index (κ3) is 8.44. The zero-order valence-corrected chi connectivity index (χ0v) is 16.8. The van der Waals surface area contributed by atoms with Crippen molar-refractivity contribution in [2.24, 2.45) is 0 Å². The first-order valence-corrected chi connectivity index (χ1v) is 10.5. The smallest absolute Gasteiger partial charge is 0.335 e. The summed E-state index contributed by atoms with van der Waals surface area (Å²) in [5.41, 5.74) is 0. The lowest BCUT2D eigenvalue weighted by Gasteiger charge is -2.40. The Morgan fingerprint density at radius 2 is 1.37 bits per heavy atom. The quantitative estimate of drug-likeness (QED) is 0.337. The van der Waals surface area contributed by atoms with E-state index in [0.717, 1.165) is 51.4 Å². The highest BCUT2D eigenvalue weighted by Gasteiger charge is 2.48. The second-order valence-electron chi connectivity index (χ2n) is 7.55. The van der Waals surface area contributed by atoms with Crippen LogP contribution in [0.1, 0.15) is 84.5 Å². The zero-order valence-electron chi connectivity index (χ0n) is 16.8. The van der Waals surface area contributed by atoms with Crippen LogP contribution in [0.25, 0.3) is 0 Å². The fourth-order valence-corrected chi connectivity index (χ4v) is 3.41. The van der Waals surface area contributed by atoms with Crippen LogP contribution in [0.2, 0.25) is 0 Å². The number of aliphatic hydroxyl groups is 3. The summed E-state index contributed by atoms with van der Waals surface area (Å²) in [6, 6.07) is 0. The van der Waals surface area contributed by atoms with E-state index in [-0.39, 0.29) is 6.10 Å². The van der Waals surface area contributed by atoms with Crippen LogP contribution in [0.3, 0.4) is 0 Å². The van der Waals surface area contributed by atoms with Crippen molar-refractivity contribution in [1.29, 1.82) is 0 Å². The Hall–Kier alpha value is -0.730. The molecule has 7 heteroatoms. The number of hydrogen-bond donors (Lipinski definition) is 4. The van der Waals surface area contributed by atoms with Gasteiger partial charge < -0.3 is 29.9 Å². The van der Waals surface area contributed by atoms with Crippen molar-refractivity contribution in [2.75, 3.05) is 0 Å². The number of carboxylic acid groups (broad SMARTS) is 1. The molecule has 0 radical (unpaired) electrons. The lowest BCUT2D eigenvalue weighted by molar-refractivity contribution is -0.305. The minimum absolute atomic E-state index is 0.167. The first-order valence-electron chi connectivity index (χ1n) is 10.5. The maximum atomic E-state index is 11.2. The molecule has 0 amide bonds. The summed E-state index contributed by atoms with van der Waals surface area (Å²) >= 11 is 0. The maximum Gasteiger partial charge on any atom is 0.335 e. The second kappa shape index (κ2) is 13.4. The predicted octanol–water partition coefficient (Wildman–Crippen LogP) is 2.59. The van der Waals surface area contributed by atoms with Crippen LogP contribution < -0.4 is 0 Å². The van der Waals surface area contributed by atoms with E-state index in [4.69, 9.17) is 14.6 Å². The maximum absolute atomic E-state index is 11.2. The monoisotopic (exact) mass is 390 g/mol. The molecule has 1 aliphatic rings. The summed E-state index contributed by atoms with van der Waals surface area (Å²) in [5, 5.41) is 39.0. The van der Waals surface area contributed by atoms with Gasteiger partial charge in [0.1, 0.15) is 18.3 Å². The van der Waals surface area contributed by atoms with Crippen molar-refractivity contribution >= 4 is 5.97 Å². The van der Waals surface area contributed by atoms with E-state index in [1.54, 1.807) is 0 Å². The first-order chi connectivity index (χ1) is 12.9. The van der Waals surface area contributed by atoms with Crippen molar-refractivity contribution in [1.82, 2.24) is 0 Å². The van der Waals surface area contributed by atoms with E-state index in [0.29, 0.717) is 0 Å². The molecule has 0 aromatic rings. The molecular formula is C20H38O7. The molecule has 1 fully saturated rings. The highest BCUT2D eigenvalue weighted by atomic mass is 16.7. The summed E-state index contributed by atoms with van der Waals surface area (Å²) in [6.45, 7) is 4.31. The molecule has 0 bridgehead atoms. The second-order valence-corrected chi connectivity index (χ2v) is 7.55. The molecule has 0 aromatic carbocycles. The number of carbonyl (C=O) groups is 1. The van der Waals surface area contributed by atoms with Crippen LogP contribution in [-0.2, 0) is 14.3 Å². The molecule has 6 atom stereocenters. The molecule has 0 aliphatic carbocycles. The number of aliphatic carboxylic acids is 1. The number of hydrogen-bond acceptors (Lipinski definition) is 6. The Balaban J connectivity index is 2.62. The topological polar surface area (TPSA) is 116 Å². The van der Waals surface area contributed by atoms with Gasteiger partial charge in [0.05, 0.1) is 6.10 Å². The van der Waals surface area contributed by atoms with Crippen molar-refractivity contribution in [3.63, 3.8) is 0 Å². The van der Waals surface area contributed by atoms with Gasteiger partial charge in [-0.1, -0.05) is 71.6 Å². The van der Waals surface area contributed by atoms with Gasteiger partial charge in [0.2, 0.25) is 0 Å². The van der Waals surface area contributed by atoms with Gasteiger partial charge in [-0.3, -0.25) is 0 Å². The summed E-state index contributed by atoms with van der Waals surface area (Å²) in [5.74, 6) is -1.39. The van der Waals surface area contributed by atoms with E-state index in [1.807, 2.05) is 0 Å². The van der Waals surface area contributed by atoms with Gasteiger partial charge in [0.25, 0.3) is 0 Å². The van der Waals surface area contributed by atoms with Crippen molar-refractivity contribution in [3.05, 3.63) is 0 Å². The van der Waals surface area contributed by atoms with Gasteiger partial charge in [-0.2, -0.15) is 0 Å². The van der Waals surface area contributed by atoms with Gasteiger partial charge in [0, 0.05) is 0 Å². The Labute approximate surface area is 162 Å². The molecular weight excluding hydrogens is 352 g/mol. The average Bonchev–Trinajstić information content (AvgIpc) is 2.64. The van der Waals surface area contributed by atoms with Crippen LogP contribution >= 0.6 is 0 Å². The standard InChI is InChI=1S/C20H38O7/c1-3-5-7-9-11-13-14(12-10-8-6-4-2)26-20-17(23)15(21)16(22)18(27-20)19(24)25/h14-18,20-23H,3-13H2,1-2H3,(H,24,25). The van der Waals surface area contributed by atoms with Crippen LogP contribution in [0, 0.1) is 0 Å². The average molecular weight is 391 g/mol. The fourth-order valence-electron chi connectivity index (χ4n) is 3.41. The predicted molar refractivity (Wildman–Crippen MR) is 101 cm³/mol. The molecule has 0 spiro atoms. The van der Waals surface area contributed by atoms with Crippen molar-refractivity contribution < 1.29 is 34.7 Å².